The minimum atomic E-state index is -0.688. The third-order valence-corrected chi connectivity index (χ3v) is 3.36. The summed E-state index contributed by atoms with van der Waals surface area (Å²) >= 11 is 0. The molecule has 1 saturated heterocycles. The number of benzene rings is 1. The van der Waals surface area contributed by atoms with Crippen molar-refractivity contribution in [3.05, 3.63) is 29.8 Å². The van der Waals surface area contributed by atoms with Crippen LogP contribution in [0.1, 0.15) is 18.9 Å². The number of phenols is 1. The van der Waals surface area contributed by atoms with Gasteiger partial charge >= 0.3 is 0 Å². The molecule has 0 aliphatic carbocycles. The van der Waals surface area contributed by atoms with E-state index in [-0.39, 0.29) is 17.8 Å². The van der Waals surface area contributed by atoms with E-state index in [2.05, 4.69) is 10.6 Å². The zero-order chi connectivity index (χ0) is 13.1. The SMILES string of the molecule is CC[C@@H]1N[C@H](O)[C@@H](Cc2ccc(O)cc2)N[C@H]1O. The summed E-state index contributed by atoms with van der Waals surface area (Å²) in [5.74, 6) is 0.222. The van der Waals surface area contributed by atoms with E-state index in [0.717, 1.165) is 12.0 Å². The standard InChI is InChI=1S/C13H20N2O3/c1-2-10-12(17)15-11(13(18)14-10)7-8-3-5-9(16)6-4-8/h3-6,10-18H,2,7H2,1H3/t10-,11+,12-,13+/m0/s1. The Morgan fingerprint density at radius 2 is 1.56 bits per heavy atom. The fourth-order valence-electron chi connectivity index (χ4n) is 2.25. The third-order valence-electron chi connectivity index (χ3n) is 3.36. The highest BCUT2D eigenvalue weighted by molar-refractivity contribution is 5.26. The Hall–Kier alpha value is -1.14. The highest BCUT2D eigenvalue weighted by Crippen LogP contribution is 2.15. The Kier molecular flexibility index (Phi) is 4.19. The van der Waals surface area contributed by atoms with E-state index in [1.165, 1.54) is 0 Å². The molecule has 1 heterocycles. The molecular weight excluding hydrogens is 232 g/mol. The number of hydrogen-bond acceptors (Lipinski definition) is 5. The number of piperazine rings is 1. The second-order valence-electron chi connectivity index (χ2n) is 4.71. The number of phenolic OH excluding ortho intramolecular Hbond substituents is 1. The first-order chi connectivity index (χ1) is 8.60. The van der Waals surface area contributed by atoms with Crippen LogP contribution in [0.3, 0.4) is 0 Å². The normalized spacial score (nSPS) is 32.4. The van der Waals surface area contributed by atoms with Gasteiger partial charge in [0.2, 0.25) is 0 Å². The van der Waals surface area contributed by atoms with Gasteiger partial charge < -0.3 is 15.3 Å². The van der Waals surface area contributed by atoms with Crippen molar-refractivity contribution < 1.29 is 15.3 Å². The molecule has 18 heavy (non-hydrogen) atoms. The number of hydrogen-bond donors (Lipinski definition) is 5. The minimum absolute atomic E-state index is 0.129. The Morgan fingerprint density at radius 1 is 1.00 bits per heavy atom. The van der Waals surface area contributed by atoms with Gasteiger partial charge in [-0.3, -0.25) is 10.6 Å². The van der Waals surface area contributed by atoms with Gasteiger partial charge in [-0.05, 0) is 30.5 Å². The molecule has 5 N–H and O–H groups in total. The van der Waals surface area contributed by atoms with Crippen molar-refractivity contribution in [3.63, 3.8) is 0 Å². The molecule has 5 heteroatoms. The van der Waals surface area contributed by atoms with Crippen molar-refractivity contribution in [1.82, 2.24) is 10.6 Å². The predicted octanol–water partition coefficient (Wildman–Crippen LogP) is -0.0885. The van der Waals surface area contributed by atoms with Crippen LogP contribution in [0.2, 0.25) is 0 Å². The number of rotatable bonds is 3. The van der Waals surface area contributed by atoms with E-state index < -0.39 is 12.5 Å². The van der Waals surface area contributed by atoms with E-state index >= 15 is 0 Å². The molecule has 1 fully saturated rings. The number of aromatic hydroxyl groups is 1. The average molecular weight is 252 g/mol. The van der Waals surface area contributed by atoms with Crippen molar-refractivity contribution >= 4 is 0 Å². The van der Waals surface area contributed by atoms with E-state index in [4.69, 9.17) is 0 Å². The van der Waals surface area contributed by atoms with Gasteiger partial charge in [-0.15, -0.1) is 0 Å². The summed E-state index contributed by atoms with van der Waals surface area (Å²) in [6.07, 6.45) is -0.00768. The molecule has 0 amide bonds. The van der Waals surface area contributed by atoms with Gasteiger partial charge in [-0.25, -0.2) is 0 Å². The molecule has 0 bridgehead atoms. The van der Waals surface area contributed by atoms with Crippen molar-refractivity contribution in [2.75, 3.05) is 0 Å². The van der Waals surface area contributed by atoms with Crippen LogP contribution in [0, 0.1) is 0 Å². The Labute approximate surface area is 106 Å². The van der Waals surface area contributed by atoms with Crippen LogP contribution < -0.4 is 10.6 Å². The Balaban J connectivity index is 1.99. The van der Waals surface area contributed by atoms with Crippen LogP contribution in [0.25, 0.3) is 0 Å². The van der Waals surface area contributed by atoms with E-state index in [0.29, 0.717) is 6.42 Å². The molecule has 4 atom stereocenters. The van der Waals surface area contributed by atoms with Crippen LogP contribution in [0.5, 0.6) is 5.75 Å². The monoisotopic (exact) mass is 252 g/mol. The zero-order valence-corrected chi connectivity index (χ0v) is 10.4. The average Bonchev–Trinajstić information content (AvgIpc) is 2.36. The first kappa shape index (κ1) is 13.3. The lowest BCUT2D eigenvalue weighted by molar-refractivity contribution is -0.0315. The highest BCUT2D eigenvalue weighted by atomic mass is 16.3. The summed E-state index contributed by atoms with van der Waals surface area (Å²) in [6.45, 7) is 1.95. The van der Waals surface area contributed by atoms with Crippen molar-refractivity contribution in [3.8, 4) is 5.75 Å². The molecule has 1 aromatic rings. The van der Waals surface area contributed by atoms with E-state index in [9.17, 15) is 15.3 Å². The molecular formula is C13H20N2O3. The molecule has 1 aliphatic rings. The van der Waals surface area contributed by atoms with Gasteiger partial charge in [0, 0.05) is 6.04 Å². The highest BCUT2D eigenvalue weighted by Gasteiger charge is 2.32. The number of nitrogens with one attached hydrogen (secondary N) is 2. The number of aliphatic hydroxyl groups is 2. The Bertz CT molecular complexity index is 382. The van der Waals surface area contributed by atoms with Crippen molar-refractivity contribution in [2.45, 2.75) is 44.3 Å². The lowest BCUT2D eigenvalue weighted by Crippen LogP contribution is -2.66. The van der Waals surface area contributed by atoms with Crippen LogP contribution in [-0.2, 0) is 6.42 Å². The summed E-state index contributed by atoms with van der Waals surface area (Å²) in [5.41, 5.74) is 0.994. The minimum Gasteiger partial charge on any atom is -0.508 e. The zero-order valence-electron chi connectivity index (χ0n) is 10.4. The van der Waals surface area contributed by atoms with Crippen LogP contribution >= 0.6 is 0 Å². The number of aliphatic hydroxyl groups excluding tert-OH is 2. The van der Waals surface area contributed by atoms with Gasteiger partial charge in [-0.1, -0.05) is 19.1 Å². The molecule has 2 rings (SSSR count). The van der Waals surface area contributed by atoms with Crippen LogP contribution in [0.15, 0.2) is 24.3 Å². The molecule has 0 radical (unpaired) electrons. The molecule has 0 aromatic heterocycles. The second-order valence-corrected chi connectivity index (χ2v) is 4.71. The third kappa shape index (κ3) is 3.00. The maximum atomic E-state index is 9.97. The van der Waals surface area contributed by atoms with Gasteiger partial charge in [0.15, 0.2) is 0 Å². The molecule has 0 saturated carbocycles. The quantitative estimate of drug-likeness (QED) is 0.519. The Morgan fingerprint density at radius 3 is 2.17 bits per heavy atom. The summed E-state index contributed by atoms with van der Waals surface area (Å²) in [6, 6.07) is 6.47. The molecule has 0 unspecified atom stereocenters. The van der Waals surface area contributed by atoms with Gasteiger partial charge in [0.25, 0.3) is 0 Å². The summed E-state index contributed by atoms with van der Waals surface area (Å²) in [4.78, 5) is 0. The smallest absolute Gasteiger partial charge is 0.121 e. The van der Waals surface area contributed by atoms with Crippen LogP contribution in [0.4, 0.5) is 0 Å². The largest absolute Gasteiger partial charge is 0.508 e. The molecule has 1 aliphatic heterocycles. The second kappa shape index (κ2) is 5.67. The topological polar surface area (TPSA) is 84.8 Å². The summed E-state index contributed by atoms with van der Waals surface area (Å²) in [5, 5.41) is 35.0. The van der Waals surface area contributed by atoms with Gasteiger partial charge in [0.1, 0.15) is 18.2 Å². The molecule has 0 spiro atoms. The lowest BCUT2D eigenvalue weighted by atomic mass is 10.00. The molecule has 1 aromatic carbocycles. The van der Waals surface area contributed by atoms with Gasteiger partial charge in [-0.2, -0.15) is 0 Å². The maximum absolute atomic E-state index is 9.97. The van der Waals surface area contributed by atoms with E-state index in [1.807, 2.05) is 19.1 Å². The van der Waals surface area contributed by atoms with Crippen molar-refractivity contribution in [2.24, 2.45) is 0 Å². The fraction of sp³-hybridized carbons (Fsp3) is 0.538. The summed E-state index contributed by atoms with van der Waals surface area (Å²) < 4.78 is 0. The lowest BCUT2D eigenvalue weighted by Gasteiger charge is -2.39. The predicted molar refractivity (Wildman–Crippen MR) is 68.0 cm³/mol. The van der Waals surface area contributed by atoms with E-state index in [1.54, 1.807) is 12.1 Å². The van der Waals surface area contributed by atoms with Gasteiger partial charge in [0.05, 0.1) is 6.04 Å². The molecule has 5 nitrogen and oxygen atoms in total. The van der Waals surface area contributed by atoms with Crippen molar-refractivity contribution in [1.29, 1.82) is 0 Å². The first-order valence-electron chi connectivity index (χ1n) is 6.26. The maximum Gasteiger partial charge on any atom is 0.121 e. The summed E-state index contributed by atoms with van der Waals surface area (Å²) in [7, 11) is 0. The first-order valence-corrected chi connectivity index (χ1v) is 6.26. The van der Waals surface area contributed by atoms with Crippen LogP contribution in [-0.4, -0.2) is 39.9 Å². The fourth-order valence-corrected chi connectivity index (χ4v) is 2.25. The molecule has 100 valence electrons.